The summed E-state index contributed by atoms with van der Waals surface area (Å²) in [6.07, 6.45) is 6.51. The Balaban J connectivity index is 0.00000112. The molecule has 0 aliphatic carbocycles. The molecule has 0 bridgehead atoms. The maximum atomic E-state index is 5.49. The minimum absolute atomic E-state index is 0. The summed E-state index contributed by atoms with van der Waals surface area (Å²) in [4.78, 5) is 0. The van der Waals surface area contributed by atoms with E-state index in [1.807, 2.05) is 12.1 Å². The van der Waals surface area contributed by atoms with Gasteiger partial charge < -0.3 is 0 Å². The fraction of sp³-hybridized carbons (Fsp3) is 0.250. The molecule has 0 spiro atoms. The van der Waals surface area contributed by atoms with E-state index in [2.05, 4.69) is 37.1 Å². The number of hydrogen-bond donors (Lipinski definition) is 0. The van der Waals surface area contributed by atoms with Crippen LogP contribution < -0.4 is 0 Å². The zero-order valence-electron chi connectivity index (χ0n) is 8.25. The zero-order chi connectivity index (χ0) is 9.97. The van der Waals surface area contributed by atoms with Gasteiger partial charge in [0, 0.05) is 10.9 Å². The molecule has 0 N–H and O–H groups in total. The summed E-state index contributed by atoms with van der Waals surface area (Å²) in [5, 5.41) is 2.47. The first-order valence-corrected chi connectivity index (χ1v) is 4.84. The lowest BCUT2D eigenvalue weighted by Crippen LogP contribution is -1.86. The molecule has 2 aromatic carbocycles. The third-order valence-electron chi connectivity index (χ3n) is 2.53. The molecule has 2 aromatic rings. The fourth-order valence-corrected chi connectivity index (χ4v) is 1.83. The van der Waals surface area contributed by atoms with Gasteiger partial charge in [-0.25, -0.2) is 0 Å². The molecule has 0 aliphatic heterocycles. The van der Waals surface area contributed by atoms with Crippen molar-refractivity contribution in [3.8, 4) is 12.3 Å². The number of terminal acetylenes is 1. The Morgan fingerprint density at radius 2 is 1.69 bits per heavy atom. The predicted molar refractivity (Wildman–Crippen MR) is 74.7 cm³/mol. The smallest absolute Gasteiger partial charge is 0.0323 e. The molecule has 0 unspecified atom stereocenters. The minimum atomic E-state index is 0. The second-order valence-corrected chi connectivity index (χ2v) is 3.32. The average molecular weight is 212 g/mol. The molecular formula is C16H20. The van der Waals surface area contributed by atoms with Crippen LogP contribution in [0.25, 0.3) is 10.8 Å². The van der Waals surface area contributed by atoms with E-state index >= 15 is 0 Å². The Morgan fingerprint density at radius 3 is 2.25 bits per heavy atom. The summed E-state index contributed by atoms with van der Waals surface area (Å²) >= 11 is 0. The normalized spacial score (nSPS) is 8.75. The van der Waals surface area contributed by atoms with Crippen LogP contribution in [0.2, 0.25) is 0 Å². The Bertz CT molecular complexity index is 496. The minimum Gasteiger partial charge on any atom is -0.115 e. The second-order valence-electron chi connectivity index (χ2n) is 3.32. The number of rotatable bonds is 1. The number of fused-ring (bicyclic) bond motifs is 1. The van der Waals surface area contributed by atoms with Crippen molar-refractivity contribution in [2.45, 2.75) is 28.2 Å². The van der Waals surface area contributed by atoms with E-state index in [4.69, 9.17) is 6.42 Å². The van der Waals surface area contributed by atoms with Gasteiger partial charge in [0.05, 0.1) is 0 Å². The van der Waals surface area contributed by atoms with E-state index in [1.165, 1.54) is 16.3 Å². The van der Waals surface area contributed by atoms with Crippen molar-refractivity contribution in [2.75, 3.05) is 0 Å². The molecule has 0 radical (unpaired) electrons. The van der Waals surface area contributed by atoms with Gasteiger partial charge in [-0.2, -0.15) is 0 Å². The van der Waals surface area contributed by atoms with Crippen LogP contribution in [-0.4, -0.2) is 0 Å². The average Bonchev–Trinajstić information content (AvgIpc) is 2.27. The van der Waals surface area contributed by atoms with E-state index in [1.54, 1.807) is 0 Å². The van der Waals surface area contributed by atoms with Crippen molar-refractivity contribution >= 4 is 10.8 Å². The van der Waals surface area contributed by atoms with E-state index in [0.29, 0.717) is 0 Å². The lowest BCUT2D eigenvalue weighted by molar-refractivity contribution is 1.16. The van der Waals surface area contributed by atoms with E-state index < -0.39 is 0 Å². The van der Waals surface area contributed by atoms with Crippen molar-refractivity contribution in [3.63, 3.8) is 0 Å². The van der Waals surface area contributed by atoms with Crippen molar-refractivity contribution < 1.29 is 0 Å². The van der Waals surface area contributed by atoms with Crippen molar-refractivity contribution in [1.29, 1.82) is 0 Å². The monoisotopic (exact) mass is 212 g/mol. The van der Waals surface area contributed by atoms with Crippen LogP contribution in [0.15, 0.2) is 36.4 Å². The summed E-state index contributed by atoms with van der Waals surface area (Å²) in [6.45, 7) is 2.15. The molecule has 0 aliphatic rings. The Labute approximate surface area is 99.3 Å². The third kappa shape index (κ3) is 2.25. The molecule has 0 atom stereocenters. The van der Waals surface area contributed by atoms with Gasteiger partial charge in [-0.3, -0.25) is 0 Å². The lowest BCUT2D eigenvalue weighted by Gasteiger charge is -2.05. The van der Waals surface area contributed by atoms with Crippen LogP contribution in [0.1, 0.15) is 32.9 Å². The molecule has 0 nitrogen and oxygen atoms in total. The fourth-order valence-electron chi connectivity index (χ4n) is 1.83. The molecule has 0 saturated heterocycles. The summed E-state index contributed by atoms with van der Waals surface area (Å²) in [6, 6.07) is 12.5. The molecule has 2 rings (SSSR count). The van der Waals surface area contributed by atoms with Gasteiger partial charge in [-0.15, -0.1) is 6.42 Å². The van der Waals surface area contributed by atoms with Crippen LogP contribution >= 0.6 is 0 Å². The SMILES string of the molecule is C.C.C#Cc1cccc2cccc(CC)c12. The highest BCUT2D eigenvalue weighted by Gasteiger charge is 2.02. The highest BCUT2D eigenvalue weighted by Crippen LogP contribution is 2.22. The molecule has 0 amide bonds. The second kappa shape index (κ2) is 5.98. The quantitative estimate of drug-likeness (QED) is 0.603. The number of aryl methyl sites for hydroxylation is 1. The highest BCUT2D eigenvalue weighted by atomic mass is 14.1. The van der Waals surface area contributed by atoms with Gasteiger partial charge in [-0.05, 0) is 23.4 Å². The topological polar surface area (TPSA) is 0 Å². The van der Waals surface area contributed by atoms with Crippen LogP contribution in [-0.2, 0) is 6.42 Å². The largest absolute Gasteiger partial charge is 0.115 e. The summed E-state index contributed by atoms with van der Waals surface area (Å²) in [5.74, 6) is 2.74. The van der Waals surface area contributed by atoms with E-state index in [9.17, 15) is 0 Å². The molecule has 0 saturated carbocycles. The Hall–Kier alpha value is -1.74. The Morgan fingerprint density at radius 1 is 1.06 bits per heavy atom. The van der Waals surface area contributed by atoms with Crippen LogP contribution in [0.3, 0.4) is 0 Å². The van der Waals surface area contributed by atoms with Gasteiger partial charge in [0.25, 0.3) is 0 Å². The lowest BCUT2D eigenvalue weighted by atomic mass is 9.98. The maximum Gasteiger partial charge on any atom is 0.0323 e. The molecule has 16 heavy (non-hydrogen) atoms. The number of hydrogen-bond acceptors (Lipinski definition) is 0. The summed E-state index contributed by atoms with van der Waals surface area (Å²) in [5.41, 5.74) is 2.33. The van der Waals surface area contributed by atoms with Gasteiger partial charge in [0.1, 0.15) is 0 Å². The predicted octanol–water partition coefficient (Wildman–Crippen LogP) is 4.66. The van der Waals surface area contributed by atoms with Crippen molar-refractivity contribution in [2.24, 2.45) is 0 Å². The van der Waals surface area contributed by atoms with Crippen molar-refractivity contribution in [1.82, 2.24) is 0 Å². The van der Waals surface area contributed by atoms with Gasteiger partial charge in [-0.1, -0.05) is 58.0 Å². The van der Waals surface area contributed by atoms with Gasteiger partial charge in [0.15, 0.2) is 0 Å². The first kappa shape index (κ1) is 14.3. The highest BCUT2D eigenvalue weighted by molar-refractivity contribution is 5.91. The molecule has 84 valence electrons. The maximum absolute atomic E-state index is 5.49. The summed E-state index contributed by atoms with van der Waals surface area (Å²) < 4.78 is 0. The van der Waals surface area contributed by atoms with Crippen LogP contribution in [0.5, 0.6) is 0 Å². The molecule has 0 heterocycles. The number of benzene rings is 2. The standard InChI is InChI=1S/C14H12.2CH4/c1-3-11-7-5-9-13-10-6-8-12(4-2)14(11)13;;/h1,5-10H,4H2,2H3;2*1H4. The Kier molecular flexibility index (Phi) is 5.33. The zero-order valence-corrected chi connectivity index (χ0v) is 8.25. The van der Waals surface area contributed by atoms with Crippen LogP contribution in [0.4, 0.5) is 0 Å². The van der Waals surface area contributed by atoms with E-state index in [-0.39, 0.29) is 14.9 Å². The summed E-state index contributed by atoms with van der Waals surface area (Å²) in [7, 11) is 0. The van der Waals surface area contributed by atoms with Crippen LogP contribution in [0, 0.1) is 12.3 Å². The third-order valence-corrected chi connectivity index (χ3v) is 2.53. The van der Waals surface area contributed by atoms with Crippen molar-refractivity contribution in [3.05, 3.63) is 47.5 Å². The molecule has 0 fully saturated rings. The van der Waals surface area contributed by atoms with E-state index in [0.717, 1.165) is 12.0 Å². The molecule has 0 heteroatoms. The first-order chi connectivity index (χ1) is 6.86. The molecule has 0 aromatic heterocycles. The van der Waals surface area contributed by atoms with Gasteiger partial charge in [0.2, 0.25) is 0 Å². The molecular weight excluding hydrogens is 192 g/mol. The van der Waals surface area contributed by atoms with Gasteiger partial charge >= 0.3 is 0 Å². The first-order valence-electron chi connectivity index (χ1n) is 4.84.